The predicted octanol–water partition coefficient (Wildman–Crippen LogP) is 2.92. The lowest BCUT2D eigenvalue weighted by molar-refractivity contribution is -0.123. The number of hydrogen-bond acceptors (Lipinski definition) is 10. The van der Waals surface area contributed by atoms with E-state index in [1.165, 1.54) is 5.01 Å². The third kappa shape index (κ3) is 3.11. The van der Waals surface area contributed by atoms with Crippen LogP contribution in [0.2, 0.25) is 5.02 Å². The van der Waals surface area contributed by atoms with Crippen molar-refractivity contribution in [2.24, 2.45) is 10.3 Å². The standard InChI is InChI=1S/C21H15ClN6O5/c1-10-2-4-12(7-13(10)22)28-20(29)17-18(21(28)30)27(26-24-17)8-16-23-19(25-33-16)11-3-5-14-15(6-11)32-9-31-14/h2-7,17-18H,8-9H2,1H3/t17-,18-/m1/s1. The number of rotatable bonds is 4. The average Bonchev–Trinajstić information content (AvgIpc) is 3.57. The zero-order chi connectivity index (χ0) is 22.7. The molecule has 166 valence electrons. The Morgan fingerprint density at radius 3 is 2.79 bits per heavy atom. The van der Waals surface area contributed by atoms with Gasteiger partial charge in [0.2, 0.25) is 18.5 Å². The summed E-state index contributed by atoms with van der Waals surface area (Å²) in [6.45, 7) is 2.02. The van der Waals surface area contributed by atoms with E-state index in [4.69, 9.17) is 25.6 Å². The number of amides is 2. The van der Waals surface area contributed by atoms with Crippen molar-refractivity contribution in [3.63, 3.8) is 0 Å². The van der Waals surface area contributed by atoms with E-state index in [-0.39, 0.29) is 19.2 Å². The fourth-order valence-electron chi connectivity index (χ4n) is 3.94. The lowest BCUT2D eigenvalue weighted by Crippen LogP contribution is -2.39. The molecule has 0 spiro atoms. The van der Waals surface area contributed by atoms with Crippen LogP contribution in [0.4, 0.5) is 5.69 Å². The Morgan fingerprint density at radius 2 is 1.94 bits per heavy atom. The molecule has 33 heavy (non-hydrogen) atoms. The molecule has 12 heteroatoms. The first kappa shape index (κ1) is 19.7. The Balaban J connectivity index is 1.22. The van der Waals surface area contributed by atoms with E-state index in [1.54, 1.807) is 36.4 Å². The number of hydrogen-bond donors (Lipinski definition) is 0. The zero-order valence-electron chi connectivity index (χ0n) is 17.1. The van der Waals surface area contributed by atoms with Crippen LogP contribution in [-0.4, -0.2) is 45.8 Å². The van der Waals surface area contributed by atoms with Gasteiger partial charge < -0.3 is 14.0 Å². The van der Waals surface area contributed by atoms with Gasteiger partial charge in [0.15, 0.2) is 23.6 Å². The van der Waals surface area contributed by atoms with Crippen LogP contribution in [0.1, 0.15) is 11.5 Å². The lowest BCUT2D eigenvalue weighted by Gasteiger charge is -2.19. The first-order valence-corrected chi connectivity index (χ1v) is 10.4. The highest BCUT2D eigenvalue weighted by molar-refractivity contribution is 6.32. The number of ether oxygens (including phenoxy) is 2. The number of fused-ring (bicyclic) bond motifs is 2. The summed E-state index contributed by atoms with van der Waals surface area (Å²) in [5.41, 5.74) is 1.92. The summed E-state index contributed by atoms with van der Waals surface area (Å²) in [4.78, 5) is 31.5. The van der Waals surface area contributed by atoms with Crippen LogP contribution >= 0.6 is 11.6 Å². The third-order valence-corrected chi connectivity index (χ3v) is 6.07. The number of anilines is 1. The number of aromatic nitrogens is 2. The molecule has 1 fully saturated rings. The molecule has 1 aromatic heterocycles. The number of aryl methyl sites for hydroxylation is 1. The fourth-order valence-corrected chi connectivity index (χ4v) is 4.11. The second-order valence-electron chi connectivity index (χ2n) is 7.72. The van der Waals surface area contributed by atoms with Crippen LogP contribution in [0.15, 0.2) is 51.3 Å². The molecular weight excluding hydrogens is 452 g/mol. The highest BCUT2D eigenvalue weighted by atomic mass is 35.5. The summed E-state index contributed by atoms with van der Waals surface area (Å²) in [6.07, 6.45) is 0. The van der Waals surface area contributed by atoms with Crippen molar-refractivity contribution in [3.8, 4) is 22.9 Å². The molecule has 3 aliphatic heterocycles. The quantitative estimate of drug-likeness (QED) is 0.538. The molecule has 2 amide bonds. The monoisotopic (exact) mass is 466 g/mol. The Kier molecular flexibility index (Phi) is 4.34. The predicted molar refractivity (Wildman–Crippen MR) is 113 cm³/mol. The van der Waals surface area contributed by atoms with Gasteiger partial charge >= 0.3 is 0 Å². The summed E-state index contributed by atoms with van der Waals surface area (Å²) in [6, 6.07) is 8.50. The fraction of sp³-hybridized carbons (Fsp3) is 0.238. The van der Waals surface area contributed by atoms with E-state index in [1.807, 2.05) is 6.92 Å². The molecule has 0 aliphatic carbocycles. The van der Waals surface area contributed by atoms with Gasteiger partial charge in [-0.3, -0.25) is 14.6 Å². The third-order valence-electron chi connectivity index (χ3n) is 5.67. The lowest BCUT2D eigenvalue weighted by atomic mass is 10.1. The normalized spacial score (nSPS) is 20.8. The molecule has 3 aromatic rings. The molecule has 1 saturated heterocycles. The van der Waals surface area contributed by atoms with Crippen molar-refractivity contribution < 1.29 is 23.6 Å². The highest BCUT2D eigenvalue weighted by Crippen LogP contribution is 2.36. The van der Waals surface area contributed by atoms with Crippen LogP contribution in [-0.2, 0) is 16.1 Å². The molecule has 0 bridgehead atoms. The molecule has 2 aromatic carbocycles. The zero-order valence-corrected chi connectivity index (χ0v) is 17.9. The minimum absolute atomic E-state index is 0.0176. The first-order chi connectivity index (χ1) is 16.0. The van der Waals surface area contributed by atoms with Crippen LogP contribution in [0.5, 0.6) is 11.5 Å². The van der Waals surface area contributed by atoms with Crippen LogP contribution < -0.4 is 14.4 Å². The number of halogens is 1. The van der Waals surface area contributed by atoms with Crippen LogP contribution in [0.25, 0.3) is 11.4 Å². The second kappa shape index (κ2) is 7.27. The minimum Gasteiger partial charge on any atom is -0.454 e. The molecular formula is C21H15ClN6O5. The van der Waals surface area contributed by atoms with Crippen molar-refractivity contribution >= 4 is 29.1 Å². The number of imide groups is 1. The molecule has 2 atom stereocenters. The van der Waals surface area contributed by atoms with Crippen molar-refractivity contribution in [2.75, 3.05) is 11.7 Å². The molecule has 4 heterocycles. The summed E-state index contributed by atoms with van der Waals surface area (Å²) in [5.74, 6) is 0.921. The number of carbonyl (C=O) groups is 2. The summed E-state index contributed by atoms with van der Waals surface area (Å²) in [5, 5.41) is 13.9. The minimum atomic E-state index is -0.936. The molecule has 11 nitrogen and oxygen atoms in total. The Hall–Kier alpha value is -3.99. The maximum atomic E-state index is 13.1. The van der Waals surface area contributed by atoms with Gasteiger partial charge in [-0.1, -0.05) is 28.0 Å². The largest absolute Gasteiger partial charge is 0.454 e. The Bertz CT molecular complexity index is 1340. The number of carbonyl (C=O) groups excluding carboxylic acids is 2. The van der Waals surface area contributed by atoms with E-state index in [2.05, 4.69) is 20.5 Å². The van der Waals surface area contributed by atoms with Crippen LogP contribution in [0, 0.1) is 6.92 Å². The van der Waals surface area contributed by atoms with Gasteiger partial charge in [0, 0.05) is 10.6 Å². The first-order valence-electron chi connectivity index (χ1n) is 10.0. The van der Waals surface area contributed by atoms with Gasteiger partial charge in [-0.05, 0) is 42.8 Å². The van der Waals surface area contributed by atoms with E-state index in [0.29, 0.717) is 33.6 Å². The molecule has 0 saturated carbocycles. The van der Waals surface area contributed by atoms with Gasteiger partial charge in [-0.2, -0.15) is 10.1 Å². The van der Waals surface area contributed by atoms with Crippen molar-refractivity contribution in [1.29, 1.82) is 0 Å². The molecule has 0 N–H and O–H groups in total. The summed E-state index contributed by atoms with van der Waals surface area (Å²) < 4.78 is 16.0. The van der Waals surface area contributed by atoms with E-state index in [9.17, 15) is 9.59 Å². The van der Waals surface area contributed by atoms with E-state index < -0.39 is 23.9 Å². The molecule has 0 unspecified atom stereocenters. The Morgan fingerprint density at radius 1 is 1.09 bits per heavy atom. The number of nitrogens with zero attached hydrogens (tertiary/aromatic N) is 6. The van der Waals surface area contributed by atoms with Crippen molar-refractivity contribution in [1.82, 2.24) is 15.1 Å². The highest BCUT2D eigenvalue weighted by Gasteiger charge is 2.55. The van der Waals surface area contributed by atoms with E-state index >= 15 is 0 Å². The maximum absolute atomic E-state index is 13.1. The smallest absolute Gasteiger partial charge is 0.263 e. The maximum Gasteiger partial charge on any atom is 0.263 e. The van der Waals surface area contributed by atoms with Gasteiger partial charge in [0.05, 0.1) is 5.69 Å². The van der Waals surface area contributed by atoms with E-state index in [0.717, 1.165) is 10.5 Å². The van der Waals surface area contributed by atoms with Gasteiger partial charge in [0.1, 0.15) is 6.54 Å². The van der Waals surface area contributed by atoms with Gasteiger partial charge in [-0.15, -0.1) is 0 Å². The number of benzene rings is 2. The van der Waals surface area contributed by atoms with Gasteiger partial charge in [0.25, 0.3) is 11.8 Å². The SMILES string of the molecule is Cc1ccc(N2C(=O)[C@@H]3N=NN(Cc4nc(-c5ccc6c(c5)OCO6)no4)[C@H]3C2=O)cc1Cl. The van der Waals surface area contributed by atoms with Gasteiger partial charge in [-0.25, -0.2) is 4.90 Å². The second-order valence-corrected chi connectivity index (χ2v) is 8.12. The van der Waals surface area contributed by atoms with Crippen LogP contribution in [0.3, 0.4) is 0 Å². The summed E-state index contributed by atoms with van der Waals surface area (Å²) >= 11 is 6.18. The molecule has 3 aliphatic rings. The molecule has 0 radical (unpaired) electrons. The Labute approximate surface area is 191 Å². The topological polar surface area (TPSA) is 123 Å². The molecule has 6 rings (SSSR count). The average molecular weight is 467 g/mol. The van der Waals surface area contributed by atoms with Crippen molar-refractivity contribution in [3.05, 3.63) is 52.9 Å². The summed E-state index contributed by atoms with van der Waals surface area (Å²) in [7, 11) is 0. The van der Waals surface area contributed by atoms with Crippen molar-refractivity contribution in [2.45, 2.75) is 25.6 Å².